The molecule has 1 saturated heterocycles. The molecular formula is C15H17NO2. The predicted molar refractivity (Wildman–Crippen MR) is 68.1 cm³/mol. The minimum atomic E-state index is -0.306. The maximum atomic E-state index is 12.3. The number of carbonyl (C=O) groups is 1. The second-order valence-corrected chi connectivity index (χ2v) is 5.62. The molecule has 4 atom stereocenters. The zero-order valence-electron chi connectivity index (χ0n) is 10.5. The number of carbonyl (C=O) groups excluding carboxylic acids is 1. The van der Waals surface area contributed by atoms with Crippen molar-refractivity contribution in [3.63, 3.8) is 0 Å². The van der Waals surface area contributed by atoms with E-state index in [1.54, 1.807) is 0 Å². The molecule has 1 spiro atoms. The van der Waals surface area contributed by atoms with Gasteiger partial charge in [0.2, 0.25) is 5.91 Å². The van der Waals surface area contributed by atoms with E-state index < -0.39 is 0 Å². The van der Waals surface area contributed by atoms with Crippen LogP contribution in [0.1, 0.15) is 25.3 Å². The zero-order chi connectivity index (χ0) is 12.3. The van der Waals surface area contributed by atoms with Crippen LogP contribution in [0, 0.1) is 17.8 Å². The minimum Gasteiger partial charge on any atom is -0.369 e. The highest BCUT2D eigenvalue weighted by atomic mass is 16.5. The van der Waals surface area contributed by atoms with Crippen LogP contribution in [-0.2, 0) is 15.1 Å². The number of ether oxygens (including phenoxy) is 1. The molecule has 1 amide bonds. The number of benzene rings is 1. The van der Waals surface area contributed by atoms with Gasteiger partial charge in [0.15, 0.2) is 0 Å². The van der Waals surface area contributed by atoms with Gasteiger partial charge in [-0.2, -0.15) is 0 Å². The molecule has 2 aliphatic heterocycles. The van der Waals surface area contributed by atoms with Crippen LogP contribution >= 0.6 is 0 Å². The average Bonchev–Trinajstić information content (AvgIpc) is 2.70. The van der Waals surface area contributed by atoms with E-state index in [1.165, 1.54) is 5.56 Å². The van der Waals surface area contributed by atoms with Gasteiger partial charge in [-0.25, -0.2) is 0 Å². The van der Waals surface area contributed by atoms with Gasteiger partial charge in [-0.05, 0) is 24.3 Å². The molecule has 3 aliphatic rings. The maximum absolute atomic E-state index is 12.3. The highest BCUT2D eigenvalue weighted by Crippen LogP contribution is 2.66. The lowest BCUT2D eigenvalue weighted by atomic mass is 9.49. The zero-order valence-corrected chi connectivity index (χ0v) is 10.5. The van der Waals surface area contributed by atoms with Crippen LogP contribution in [0.15, 0.2) is 24.3 Å². The summed E-state index contributed by atoms with van der Waals surface area (Å²) in [4.78, 5) is 12.3. The van der Waals surface area contributed by atoms with Gasteiger partial charge >= 0.3 is 0 Å². The van der Waals surface area contributed by atoms with E-state index in [0.29, 0.717) is 11.8 Å². The van der Waals surface area contributed by atoms with Crippen LogP contribution in [0.2, 0.25) is 0 Å². The van der Waals surface area contributed by atoms with Gasteiger partial charge < -0.3 is 10.1 Å². The standard InChI is InChI=1S/C15H17NO2/c1-2-9-10-7-8-18-15(10)11-5-3-4-6-12(11)16-14(17)13(9)15/h3-6,9-10,13H,2,7-8H2,1H3,(H,16,17)/t9-,10-,13+,15+/m0/s1. The summed E-state index contributed by atoms with van der Waals surface area (Å²) in [6.45, 7) is 2.97. The number of amides is 1. The number of fused-ring (bicyclic) bond motifs is 1. The van der Waals surface area contributed by atoms with Gasteiger partial charge in [0.05, 0.1) is 5.92 Å². The Hall–Kier alpha value is -1.35. The maximum Gasteiger partial charge on any atom is 0.231 e. The third kappa shape index (κ3) is 0.985. The fourth-order valence-corrected chi connectivity index (χ4v) is 4.46. The van der Waals surface area contributed by atoms with Crippen molar-refractivity contribution < 1.29 is 9.53 Å². The third-order valence-electron chi connectivity index (χ3n) is 5.09. The molecule has 94 valence electrons. The SMILES string of the molecule is CC[C@H]1[C@@H]2CCO[C@@]23c2ccccc2NC(=O)[C@@H]13. The molecule has 0 unspecified atom stereocenters. The van der Waals surface area contributed by atoms with Crippen LogP contribution in [-0.4, -0.2) is 12.5 Å². The number of para-hydroxylation sites is 1. The van der Waals surface area contributed by atoms with Crippen molar-refractivity contribution in [1.29, 1.82) is 0 Å². The fraction of sp³-hybridized carbons (Fsp3) is 0.533. The molecule has 0 bridgehead atoms. The Morgan fingerprint density at radius 1 is 1.44 bits per heavy atom. The summed E-state index contributed by atoms with van der Waals surface area (Å²) < 4.78 is 6.11. The Kier molecular flexibility index (Phi) is 1.97. The van der Waals surface area contributed by atoms with Crippen molar-refractivity contribution in [3.05, 3.63) is 29.8 Å². The summed E-state index contributed by atoms with van der Waals surface area (Å²) >= 11 is 0. The smallest absolute Gasteiger partial charge is 0.231 e. The number of anilines is 1. The first kappa shape index (κ1) is 10.6. The highest BCUT2D eigenvalue weighted by Gasteiger charge is 2.69. The van der Waals surface area contributed by atoms with Crippen LogP contribution in [0.5, 0.6) is 0 Å². The normalized spacial score (nSPS) is 40.3. The Morgan fingerprint density at radius 3 is 3.11 bits per heavy atom. The molecule has 0 aromatic heterocycles. The number of hydrogen-bond donors (Lipinski definition) is 1. The van der Waals surface area contributed by atoms with Crippen molar-refractivity contribution in [3.8, 4) is 0 Å². The summed E-state index contributed by atoms with van der Waals surface area (Å²) in [6.07, 6.45) is 2.16. The van der Waals surface area contributed by atoms with Gasteiger partial charge in [0, 0.05) is 17.9 Å². The molecule has 18 heavy (non-hydrogen) atoms. The van der Waals surface area contributed by atoms with E-state index in [4.69, 9.17) is 4.74 Å². The van der Waals surface area contributed by atoms with Crippen molar-refractivity contribution in [2.24, 2.45) is 17.8 Å². The lowest BCUT2D eigenvalue weighted by molar-refractivity contribution is -0.192. The molecule has 2 fully saturated rings. The van der Waals surface area contributed by atoms with Gasteiger partial charge in [-0.15, -0.1) is 0 Å². The lowest BCUT2D eigenvalue weighted by Gasteiger charge is -2.58. The molecule has 1 aliphatic carbocycles. The predicted octanol–water partition coefficient (Wildman–Crippen LogP) is 2.53. The topological polar surface area (TPSA) is 38.3 Å². The fourth-order valence-electron chi connectivity index (χ4n) is 4.46. The number of nitrogens with one attached hydrogen (secondary N) is 1. The first-order chi connectivity index (χ1) is 8.79. The number of rotatable bonds is 1. The van der Waals surface area contributed by atoms with E-state index in [0.717, 1.165) is 25.1 Å². The Balaban J connectivity index is 1.91. The van der Waals surface area contributed by atoms with Gasteiger partial charge in [-0.3, -0.25) is 4.79 Å². The molecular weight excluding hydrogens is 226 g/mol. The molecule has 2 heterocycles. The molecule has 4 rings (SSSR count). The molecule has 1 saturated carbocycles. The van der Waals surface area contributed by atoms with Crippen molar-refractivity contribution >= 4 is 11.6 Å². The summed E-state index contributed by atoms with van der Waals surface area (Å²) in [6, 6.07) is 8.11. The first-order valence-electron chi connectivity index (χ1n) is 6.83. The minimum absolute atomic E-state index is 0.0184. The molecule has 3 heteroatoms. The van der Waals surface area contributed by atoms with Gasteiger partial charge in [0.25, 0.3) is 0 Å². The van der Waals surface area contributed by atoms with Crippen molar-refractivity contribution in [1.82, 2.24) is 0 Å². The lowest BCUT2D eigenvalue weighted by Crippen LogP contribution is -2.64. The largest absolute Gasteiger partial charge is 0.369 e. The van der Waals surface area contributed by atoms with Crippen molar-refractivity contribution in [2.45, 2.75) is 25.4 Å². The molecule has 3 nitrogen and oxygen atoms in total. The van der Waals surface area contributed by atoms with Gasteiger partial charge in [-0.1, -0.05) is 31.5 Å². The first-order valence-corrected chi connectivity index (χ1v) is 6.83. The van der Waals surface area contributed by atoms with Crippen LogP contribution < -0.4 is 5.32 Å². The monoisotopic (exact) mass is 243 g/mol. The van der Waals surface area contributed by atoms with Gasteiger partial charge in [0.1, 0.15) is 5.60 Å². The third-order valence-corrected chi connectivity index (χ3v) is 5.09. The second-order valence-electron chi connectivity index (χ2n) is 5.62. The molecule has 0 radical (unpaired) electrons. The van der Waals surface area contributed by atoms with E-state index in [-0.39, 0.29) is 17.4 Å². The second kappa shape index (κ2) is 3.35. The summed E-state index contributed by atoms with van der Waals surface area (Å²) in [7, 11) is 0. The molecule has 1 N–H and O–H groups in total. The number of hydrogen-bond acceptors (Lipinski definition) is 2. The van der Waals surface area contributed by atoms with Crippen LogP contribution in [0.25, 0.3) is 0 Å². The van der Waals surface area contributed by atoms with E-state index in [2.05, 4.69) is 18.3 Å². The summed E-state index contributed by atoms with van der Waals surface area (Å²) in [5, 5.41) is 3.04. The molecule has 1 aromatic rings. The molecule has 1 aromatic carbocycles. The average molecular weight is 243 g/mol. The van der Waals surface area contributed by atoms with E-state index in [1.807, 2.05) is 18.2 Å². The quantitative estimate of drug-likeness (QED) is 0.823. The summed E-state index contributed by atoms with van der Waals surface area (Å²) in [5.74, 6) is 1.18. The van der Waals surface area contributed by atoms with E-state index >= 15 is 0 Å². The Morgan fingerprint density at radius 2 is 2.28 bits per heavy atom. The van der Waals surface area contributed by atoms with Crippen LogP contribution in [0.4, 0.5) is 5.69 Å². The summed E-state index contributed by atoms with van der Waals surface area (Å²) in [5.41, 5.74) is 1.83. The Bertz CT molecular complexity index is 527. The Labute approximate surface area is 107 Å². The van der Waals surface area contributed by atoms with Crippen molar-refractivity contribution in [2.75, 3.05) is 11.9 Å². The van der Waals surface area contributed by atoms with Crippen LogP contribution in [0.3, 0.4) is 0 Å². The van der Waals surface area contributed by atoms with E-state index in [9.17, 15) is 4.79 Å². The highest BCUT2D eigenvalue weighted by molar-refractivity contribution is 5.98.